The first-order valence-electron chi connectivity index (χ1n) is 23.6. The van der Waals surface area contributed by atoms with Gasteiger partial charge in [-0.1, -0.05) is 205 Å². The van der Waals surface area contributed by atoms with Gasteiger partial charge in [0.15, 0.2) is 0 Å². The third-order valence-corrected chi connectivity index (χ3v) is 10.8. The molecule has 3 N–H and O–H groups in total. The Morgan fingerprint density at radius 2 is 0.944 bits per heavy atom. The molecule has 0 spiro atoms. The molecule has 0 aromatic rings. The summed E-state index contributed by atoms with van der Waals surface area (Å²) in [7, 11) is 0. The van der Waals surface area contributed by atoms with Crippen molar-refractivity contribution < 1.29 is 24.5 Å². The molecule has 0 saturated heterocycles. The van der Waals surface area contributed by atoms with Crippen LogP contribution in [-0.2, 0) is 14.3 Å². The van der Waals surface area contributed by atoms with Crippen LogP contribution in [0.5, 0.6) is 0 Å². The number of nitrogens with one attached hydrogen (secondary N) is 1. The minimum atomic E-state index is -0.678. The Bertz CT molecular complexity index is 843. The number of unbranched alkanes of at least 4 members (excludes halogenated alkanes) is 28. The highest BCUT2D eigenvalue weighted by Gasteiger charge is 2.20. The van der Waals surface area contributed by atoms with E-state index in [1.807, 2.05) is 0 Å². The summed E-state index contributed by atoms with van der Waals surface area (Å²) in [6, 6.07) is -0.558. The smallest absolute Gasteiger partial charge is 0.305 e. The molecule has 0 heterocycles. The first-order valence-corrected chi connectivity index (χ1v) is 23.6. The van der Waals surface area contributed by atoms with Crippen LogP contribution in [0.3, 0.4) is 0 Å². The number of aliphatic hydroxyl groups excluding tert-OH is 2. The van der Waals surface area contributed by atoms with Gasteiger partial charge in [0.05, 0.1) is 25.4 Å². The minimum absolute atomic E-state index is 0.0339. The zero-order chi connectivity index (χ0) is 39.4. The summed E-state index contributed by atoms with van der Waals surface area (Å²) >= 11 is 0. The molecular weight excluding hydrogens is 671 g/mol. The Morgan fingerprint density at radius 3 is 1.46 bits per heavy atom. The maximum Gasteiger partial charge on any atom is 0.305 e. The van der Waals surface area contributed by atoms with Gasteiger partial charge in [-0.25, -0.2) is 0 Å². The van der Waals surface area contributed by atoms with E-state index in [1.54, 1.807) is 0 Å². The lowest BCUT2D eigenvalue weighted by atomic mass is 10.0. The van der Waals surface area contributed by atoms with Gasteiger partial charge in [0.1, 0.15) is 0 Å². The molecule has 0 aromatic heterocycles. The van der Waals surface area contributed by atoms with E-state index in [0.29, 0.717) is 25.9 Å². The summed E-state index contributed by atoms with van der Waals surface area (Å²) in [5.74, 6) is -0.0936. The highest BCUT2D eigenvalue weighted by molar-refractivity contribution is 5.76. The lowest BCUT2D eigenvalue weighted by Gasteiger charge is -2.22. The van der Waals surface area contributed by atoms with Crippen LogP contribution in [0.4, 0.5) is 0 Å². The quantitative estimate of drug-likeness (QED) is 0.0327. The van der Waals surface area contributed by atoms with Gasteiger partial charge in [0, 0.05) is 12.8 Å². The summed E-state index contributed by atoms with van der Waals surface area (Å²) in [6.45, 7) is 4.84. The average Bonchev–Trinajstić information content (AvgIpc) is 3.17. The predicted octanol–water partition coefficient (Wildman–Crippen LogP) is 13.6. The number of amides is 1. The third-order valence-electron chi connectivity index (χ3n) is 10.8. The highest BCUT2D eigenvalue weighted by Crippen LogP contribution is 2.16. The van der Waals surface area contributed by atoms with Gasteiger partial charge in [-0.2, -0.15) is 0 Å². The zero-order valence-electron chi connectivity index (χ0n) is 36.0. The van der Waals surface area contributed by atoms with Crippen molar-refractivity contribution in [1.82, 2.24) is 5.32 Å². The summed E-state index contributed by atoms with van der Waals surface area (Å²) in [5.41, 5.74) is 0. The van der Waals surface area contributed by atoms with Crippen molar-refractivity contribution in [1.29, 1.82) is 0 Å². The Kier molecular flexibility index (Phi) is 42.7. The molecule has 0 radical (unpaired) electrons. The molecule has 54 heavy (non-hydrogen) atoms. The normalized spacial score (nSPS) is 12.9. The molecule has 0 aromatic carbocycles. The van der Waals surface area contributed by atoms with Crippen LogP contribution in [0.1, 0.15) is 245 Å². The molecule has 6 heteroatoms. The number of carbonyl (C=O) groups excluding carboxylic acids is 2. The molecule has 0 aliphatic heterocycles. The molecule has 0 aliphatic carbocycles. The largest absolute Gasteiger partial charge is 0.466 e. The zero-order valence-corrected chi connectivity index (χ0v) is 36.0. The maximum atomic E-state index is 12.4. The van der Waals surface area contributed by atoms with Gasteiger partial charge in [0.2, 0.25) is 5.91 Å². The Hall–Kier alpha value is -1.66. The van der Waals surface area contributed by atoms with Crippen molar-refractivity contribution in [3.05, 3.63) is 24.3 Å². The Balaban J connectivity index is 3.50. The van der Waals surface area contributed by atoms with Gasteiger partial charge < -0.3 is 20.3 Å². The lowest BCUT2D eigenvalue weighted by molar-refractivity contribution is -0.143. The molecule has 0 bridgehead atoms. The number of aliphatic hydroxyl groups is 2. The number of allylic oxidation sites excluding steroid dienone is 4. The molecule has 2 unspecified atom stereocenters. The summed E-state index contributed by atoms with van der Waals surface area (Å²) in [5, 5.41) is 23.1. The van der Waals surface area contributed by atoms with Gasteiger partial charge >= 0.3 is 5.97 Å². The fourth-order valence-corrected chi connectivity index (χ4v) is 7.07. The second-order valence-electron chi connectivity index (χ2n) is 16.1. The maximum absolute atomic E-state index is 12.4. The third kappa shape index (κ3) is 40.0. The van der Waals surface area contributed by atoms with E-state index >= 15 is 0 Å². The van der Waals surface area contributed by atoms with E-state index in [-0.39, 0.29) is 18.5 Å². The number of carbonyl (C=O) groups is 2. The van der Waals surface area contributed by atoms with Crippen LogP contribution in [0, 0.1) is 0 Å². The fraction of sp³-hybridized carbons (Fsp3) is 0.875. The van der Waals surface area contributed by atoms with Crippen molar-refractivity contribution >= 4 is 11.9 Å². The van der Waals surface area contributed by atoms with Crippen LogP contribution in [0.15, 0.2) is 24.3 Å². The number of ether oxygens (including phenoxy) is 1. The second kappa shape index (κ2) is 44.1. The van der Waals surface area contributed by atoms with Gasteiger partial charge in [-0.05, 0) is 51.4 Å². The van der Waals surface area contributed by atoms with E-state index in [9.17, 15) is 19.8 Å². The van der Waals surface area contributed by atoms with E-state index in [2.05, 4.69) is 43.5 Å². The van der Waals surface area contributed by atoms with Crippen LogP contribution in [0.2, 0.25) is 0 Å². The van der Waals surface area contributed by atoms with Gasteiger partial charge in [-0.15, -0.1) is 0 Å². The van der Waals surface area contributed by atoms with Crippen molar-refractivity contribution in [3.8, 4) is 0 Å². The SMILES string of the molecule is CCCC/C=C\C/C=C\CCCCCCCC(=O)OCCCCCCCCCCCCC(=O)NC(CO)C(O)CCCCCCCCCCCCCCC. The number of esters is 1. The molecule has 0 aliphatic rings. The average molecular weight is 762 g/mol. The lowest BCUT2D eigenvalue weighted by Crippen LogP contribution is -2.45. The molecule has 0 saturated carbocycles. The van der Waals surface area contributed by atoms with E-state index in [1.165, 1.54) is 141 Å². The van der Waals surface area contributed by atoms with Crippen LogP contribution < -0.4 is 5.32 Å². The summed E-state index contributed by atoms with van der Waals surface area (Å²) in [6.07, 6.45) is 49.8. The first-order chi connectivity index (χ1) is 26.5. The predicted molar refractivity (Wildman–Crippen MR) is 232 cm³/mol. The Labute approximate surface area is 335 Å². The van der Waals surface area contributed by atoms with Crippen molar-refractivity contribution in [2.24, 2.45) is 0 Å². The molecule has 1 amide bonds. The van der Waals surface area contributed by atoms with E-state index < -0.39 is 12.1 Å². The van der Waals surface area contributed by atoms with E-state index in [4.69, 9.17) is 4.74 Å². The second-order valence-corrected chi connectivity index (χ2v) is 16.1. The highest BCUT2D eigenvalue weighted by atomic mass is 16.5. The summed E-state index contributed by atoms with van der Waals surface area (Å²) < 4.78 is 5.43. The Morgan fingerprint density at radius 1 is 0.519 bits per heavy atom. The van der Waals surface area contributed by atoms with Crippen LogP contribution in [0.25, 0.3) is 0 Å². The van der Waals surface area contributed by atoms with Crippen molar-refractivity contribution in [2.75, 3.05) is 13.2 Å². The van der Waals surface area contributed by atoms with Gasteiger partial charge in [-0.3, -0.25) is 9.59 Å². The molecular formula is C48H91NO5. The fourth-order valence-electron chi connectivity index (χ4n) is 7.07. The molecule has 6 nitrogen and oxygen atoms in total. The monoisotopic (exact) mass is 762 g/mol. The molecule has 2 atom stereocenters. The molecule has 0 rings (SSSR count). The standard InChI is InChI=1S/C48H91NO5/c1-3-5-7-9-11-13-15-17-19-21-26-30-34-38-42-48(53)54-43-39-35-31-27-23-22-25-29-33-37-41-47(52)49-45(44-50)46(51)40-36-32-28-24-20-18-16-14-12-10-8-6-4-2/h9,11,15,17,45-46,50-51H,3-8,10,12-14,16,18-44H2,1-2H3,(H,49,52)/b11-9-,17-15-. The van der Waals surface area contributed by atoms with Gasteiger partial charge in [0.25, 0.3) is 0 Å². The minimum Gasteiger partial charge on any atom is -0.466 e. The van der Waals surface area contributed by atoms with Crippen molar-refractivity contribution in [2.45, 2.75) is 257 Å². The first kappa shape index (κ1) is 52.3. The van der Waals surface area contributed by atoms with Crippen molar-refractivity contribution in [3.63, 3.8) is 0 Å². The topological polar surface area (TPSA) is 95.9 Å². The molecule has 0 fully saturated rings. The number of hydrogen-bond acceptors (Lipinski definition) is 5. The number of hydrogen-bond donors (Lipinski definition) is 3. The number of rotatable bonds is 43. The molecule has 318 valence electrons. The van der Waals surface area contributed by atoms with Crippen LogP contribution >= 0.6 is 0 Å². The summed E-state index contributed by atoms with van der Waals surface area (Å²) in [4.78, 5) is 24.4. The van der Waals surface area contributed by atoms with Crippen LogP contribution in [-0.4, -0.2) is 47.4 Å². The van der Waals surface area contributed by atoms with E-state index in [0.717, 1.165) is 70.6 Å².